The molecule has 1 heterocycles. The van der Waals surface area contributed by atoms with Gasteiger partial charge in [-0.1, -0.05) is 0 Å². The van der Waals surface area contributed by atoms with E-state index in [-0.39, 0.29) is 0 Å². The van der Waals surface area contributed by atoms with Gasteiger partial charge in [-0.15, -0.1) is 11.6 Å². The van der Waals surface area contributed by atoms with Gasteiger partial charge in [-0.2, -0.15) is 0 Å². The number of nitrogens with zero attached hydrogens (tertiary/aromatic N) is 3. The molecule has 0 atom stereocenters. The summed E-state index contributed by atoms with van der Waals surface area (Å²) in [6.07, 6.45) is 5.96. The summed E-state index contributed by atoms with van der Waals surface area (Å²) >= 11 is 8.05. The molecule has 0 aliphatic heterocycles. The normalized spacial score (nSPS) is 15.6. The first-order chi connectivity index (χ1) is 6.83. The van der Waals surface area contributed by atoms with E-state index >= 15 is 0 Å². The number of halogens is 2. The third-order valence-corrected chi connectivity index (χ3v) is 3.16. The van der Waals surface area contributed by atoms with Crippen molar-refractivity contribution in [3.05, 3.63) is 16.1 Å². The minimum atomic E-state index is 0.649. The van der Waals surface area contributed by atoms with Crippen molar-refractivity contribution in [1.82, 2.24) is 9.97 Å². The van der Waals surface area contributed by atoms with Gasteiger partial charge in [0.1, 0.15) is 12.1 Å². The molecule has 1 aliphatic rings. The van der Waals surface area contributed by atoms with Gasteiger partial charge in [0.2, 0.25) is 0 Å². The molecule has 2 rings (SSSR count). The van der Waals surface area contributed by atoms with Crippen LogP contribution in [0.3, 0.4) is 0 Å². The molecule has 1 saturated carbocycles. The van der Waals surface area contributed by atoms with Crippen LogP contribution in [0.1, 0.15) is 12.8 Å². The Labute approximate surface area is 102 Å². The zero-order chi connectivity index (χ0) is 9.97. The molecule has 3 nitrogen and oxygen atoms in total. The summed E-state index contributed by atoms with van der Waals surface area (Å²) in [5.41, 5.74) is 0. The smallest absolute Gasteiger partial charge is 0.145 e. The Kier molecular flexibility index (Phi) is 3.43. The fourth-order valence-corrected chi connectivity index (χ4v) is 2.25. The average molecular weight is 324 g/mol. The van der Waals surface area contributed by atoms with Crippen LogP contribution in [-0.2, 0) is 0 Å². The first-order valence-electron chi connectivity index (χ1n) is 4.61. The molecule has 1 aromatic heterocycles. The van der Waals surface area contributed by atoms with Crippen LogP contribution in [0.15, 0.2) is 12.5 Å². The van der Waals surface area contributed by atoms with Crippen molar-refractivity contribution < 1.29 is 0 Å². The fraction of sp³-hybridized carbons (Fsp3) is 0.556. The van der Waals surface area contributed by atoms with E-state index in [2.05, 4.69) is 37.5 Å². The molecule has 76 valence electrons. The molecular weight excluding hydrogens is 312 g/mol. The molecule has 0 aromatic carbocycles. The molecule has 0 radical (unpaired) electrons. The number of hydrogen-bond donors (Lipinski definition) is 0. The highest BCUT2D eigenvalue weighted by Crippen LogP contribution is 2.32. The largest absolute Gasteiger partial charge is 0.351 e. The average Bonchev–Trinajstić information content (AvgIpc) is 2.99. The Morgan fingerprint density at radius 3 is 2.93 bits per heavy atom. The molecule has 1 aromatic rings. The topological polar surface area (TPSA) is 29.0 Å². The second-order valence-corrected chi connectivity index (χ2v) is 4.85. The Hall–Kier alpha value is -0.100. The zero-order valence-electron chi connectivity index (χ0n) is 7.66. The highest BCUT2D eigenvalue weighted by Gasteiger charge is 2.30. The monoisotopic (exact) mass is 323 g/mol. The van der Waals surface area contributed by atoms with Crippen molar-refractivity contribution in [2.45, 2.75) is 18.9 Å². The first kappa shape index (κ1) is 10.4. The summed E-state index contributed by atoms with van der Waals surface area (Å²) in [7, 11) is 0. The Bertz CT molecular complexity index is 317. The van der Waals surface area contributed by atoms with Crippen LogP contribution >= 0.6 is 34.2 Å². The SMILES string of the molecule is ClCCN(c1ncncc1I)C1CC1. The van der Waals surface area contributed by atoms with E-state index in [1.165, 1.54) is 12.8 Å². The minimum Gasteiger partial charge on any atom is -0.351 e. The number of anilines is 1. The van der Waals surface area contributed by atoms with E-state index in [1.54, 1.807) is 6.33 Å². The maximum atomic E-state index is 5.78. The predicted octanol–water partition coefficient (Wildman–Crippen LogP) is 2.29. The van der Waals surface area contributed by atoms with Crippen LogP contribution in [0.5, 0.6) is 0 Å². The van der Waals surface area contributed by atoms with E-state index in [0.717, 1.165) is 15.9 Å². The number of aromatic nitrogens is 2. The van der Waals surface area contributed by atoms with Crippen LogP contribution in [-0.4, -0.2) is 28.4 Å². The molecule has 5 heteroatoms. The molecule has 0 spiro atoms. The van der Waals surface area contributed by atoms with Crippen LogP contribution in [0.4, 0.5) is 5.82 Å². The Morgan fingerprint density at radius 2 is 2.36 bits per heavy atom. The van der Waals surface area contributed by atoms with Crippen LogP contribution < -0.4 is 4.90 Å². The third-order valence-electron chi connectivity index (χ3n) is 2.23. The van der Waals surface area contributed by atoms with Crippen molar-refractivity contribution in [3.63, 3.8) is 0 Å². The molecule has 1 aliphatic carbocycles. The van der Waals surface area contributed by atoms with Gasteiger partial charge in [-0.3, -0.25) is 0 Å². The van der Waals surface area contributed by atoms with Crippen molar-refractivity contribution in [3.8, 4) is 0 Å². The van der Waals surface area contributed by atoms with Gasteiger partial charge in [0.15, 0.2) is 0 Å². The third kappa shape index (κ3) is 2.28. The standard InChI is InChI=1S/C9H11ClIN3/c10-3-4-14(7-1-2-7)9-8(11)5-12-6-13-9/h5-7H,1-4H2. The van der Waals surface area contributed by atoms with Gasteiger partial charge < -0.3 is 4.90 Å². The van der Waals surface area contributed by atoms with Crippen molar-refractivity contribution >= 4 is 40.0 Å². The van der Waals surface area contributed by atoms with Crippen LogP contribution in [0, 0.1) is 3.57 Å². The summed E-state index contributed by atoms with van der Waals surface area (Å²) in [6, 6.07) is 0.650. The molecule has 1 fully saturated rings. The van der Waals surface area contributed by atoms with Gasteiger partial charge in [-0.25, -0.2) is 9.97 Å². The molecule has 0 saturated heterocycles. The minimum absolute atomic E-state index is 0.649. The van der Waals surface area contributed by atoms with Gasteiger partial charge in [0.05, 0.1) is 3.57 Å². The second kappa shape index (κ2) is 4.61. The van der Waals surface area contributed by atoms with E-state index in [0.29, 0.717) is 11.9 Å². The lowest BCUT2D eigenvalue weighted by atomic mass is 10.4. The maximum Gasteiger partial charge on any atom is 0.145 e. The summed E-state index contributed by atoms with van der Waals surface area (Å²) in [6.45, 7) is 0.874. The van der Waals surface area contributed by atoms with Gasteiger partial charge >= 0.3 is 0 Å². The highest BCUT2D eigenvalue weighted by atomic mass is 127. The lowest BCUT2D eigenvalue weighted by molar-refractivity contribution is 0.804. The van der Waals surface area contributed by atoms with E-state index in [1.807, 2.05) is 6.20 Å². The Morgan fingerprint density at radius 1 is 1.57 bits per heavy atom. The number of alkyl halides is 1. The molecule has 0 N–H and O–H groups in total. The quantitative estimate of drug-likeness (QED) is 0.629. The zero-order valence-corrected chi connectivity index (χ0v) is 10.6. The molecule has 0 bridgehead atoms. The number of hydrogen-bond acceptors (Lipinski definition) is 3. The van der Waals surface area contributed by atoms with Gasteiger partial charge in [-0.05, 0) is 35.4 Å². The van der Waals surface area contributed by atoms with Crippen molar-refractivity contribution in [2.24, 2.45) is 0 Å². The summed E-state index contributed by atoms with van der Waals surface area (Å²) in [4.78, 5) is 10.6. The highest BCUT2D eigenvalue weighted by molar-refractivity contribution is 14.1. The molecular formula is C9H11ClIN3. The second-order valence-electron chi connectivity index (χ2n) is 3.31. The number of rotatable bonds is 4. The van der Waals surface area contributed by atoms with E-state index in [9.17, 15) is 0 Å². The summed E-state index contributed by atoms with van der Waals surface area (Å²) in [5.74, 6) is 1.68. The van der Waals surface area contributed by atoms with Crippen molar-refractivity contribution in [1.29, 1.82) is 0 Å². The van der Waals surface area contributed by atoms with E-state index < -0.39 is 0 Å². The maximum absolute atomic E-state index is 5.78. The summed E-state index contributed by atoms with van der Waals surface area (Å²) in [5, 5.41) is 0. The lowest BCUT2D eigenvalue weighted by Crippen LogP contribution is -2.29. The molecule has 0 amide bonds. The molecule has 14 heavy (non-hydrogen) atoms. The first-order valence-corrected chi connectivity index (χ1v) is 6.22. The van der Waals surface area contributed by atoms with Crippen molar-refractivity contribution in [2.75, 3.05) is 17.3 Å². The molecule has 0 unspecified atom stereocenters. The van der Waals surface area contributed by atoms with Gasteiger partial charge in [0, 0.05) is 24.7 Å². The van der Waals surface area contributed by atoms with Crippen LogP contribution in [0.25, 0.3) is 0 Å². The fourth-order valence-electron chi connectivity index (χ4n) is 1.46. The summed E-state index contributed by atoms with van der Waals surface area (Å²) < 4.78 is 1.10. The van der Waals surface area contributed by atoms with Crippen LogP contribution in [0.2, 0.25) is 0 Å². The Balaban J connectivity index is 2.21. The lowest BCUT2D eigenvalue weighted by Gasteiger charge is -2.22. The van der Waals surface area contributed by atoms with E-state index in [4.69, 9.17) is 11.6 Å². The van der Waals surface area contributed by atoms with Gasteiger partial charge in [0.25, 0.3) is 0 Å². The predicted molar refractivity (Wildman–Crippen MR) is 65.8 cm³/mol.